The third-order valence-corrected chi connectivity index (χ3v) is 3.03. The molecule has 3 nitrogen and oxygen atoms in total. The van der Waals surface area contributed by atoms with Crippen molar-refractivity contribution >= 4 is 15.9 Å². The molecule has 96 valence electrons. The molecule has 0 fully saturated rings. The van der Waals surface area contributed by atoms with Gasteiger partial charge in [-0.15, -0.1) is 0 Å². The van der Waals surface area contributed by atoms with E-state index in [0.717, 1.165) is 4.47 Å². The summed E-state index contributed by atoms with van der Waals surface area (Å²) in [7, 11) is 3.14. The van der Waals surface area contributed by atoms with E-state index in [4.69, 9.17) is 9.47 Å². The first-order valence-electron chi connectivity index (χ1n) is 5.32. The van der Waals surface area contributed by atoms with Crippen LogP contribution in [0.2, 0.25) is 0 Å². The quantitative estimate of drug-likeness (QED) is 0.820. The van der Waals surface area contributed by atoms with E-state index in [-0.39, 0.29) is 18.1 Å². The Kier molecular flexibility index (Phi) is 6.05. The molecule has 17 heavy (non-hydrogen) atoms. The van der Waals surface area contributed by atoms with E-state index in [1.54, 1.807) is 26.4 Å². The number of hydrogen-bond acceptors (Lipinski definition) is 3. The van der Waals surface area contributed by atoms with Gasteiger partial charge in [-0.05, 0) is 25.1 Å². The summed E-state index contributed by atoms with van der Waals surface area (Å²) in [5.74, 6) is -0.223. The van der Waals surface area contributed by atoms with E-state index in [9.17, 15) is 4.39 Å². The predicted molar refractivity (Wildman–Crippen MR) is 68.3 cm³/mol. The highest BCUT2D eigenvalue weighted by Gasteiger charge is 2.13. The van der Waals surface area contributed by atoms with Gasteiger partial charge in [-0.1, -0.05) is 15.9 Å². The summed E-state index contributed by atoms with van der Waals surface area (Å²) < 4.78 is 24.5. The molecule has 0 radical (unpaired) electrons. The van der Waals surface area contributed by atoms with Crippen LogP contribution >= 0.6 is 15.9 Å². The number of hydrogen-bond donors (Lipinski definition) is 1. The smallest absolute Gasteiger partial charge is 0.169 e. The Hall–Kier alpha value is -0.490. The molecule has 1 aromatic rings. The molecule has 1 rings (SSSR count). The van der Waals surface area contributed by atoms with Gasteiger partial charge in [0.15, 0.2) is 6.29 Å². The molecule has 0 saturated carbocycles. The second-order valence-corrected chi connectivity index (χ2v) is 4.61. The van der Waals surface area contributed by atoms with Crippen molar-refractivity contribution in [3.63, 3.8) is 0 Å². The molecule has 0 saturated heterocycles. The van der Waals surface area contributed by atoms with Gasteiger partial charge in [0.1, 0.15) is 5.82 Å². The van der Waals surface area contributed by atoms with E-state index in [2.05, 4.69) is 21.2 Å². The third kappa shape index (κ3) is 4.35. The summed E-state index contributed by atoms with van der Waals surface area (Å²) in [6.45, 7) is 2.40. The fourth-order valence-electron chi connectivity index (χ4n) is 1.49. The van der Waals surface area contributed by atoms with Gasteiger partial charge in [0.25, 0.3) is 0 Å². The van der Waals surface area contributed by atoms with Gasteiger partial charge >= 0.3 is 0 Å². The van der Waals surface area contributed by atoms with Crippen molar-refractivity contribution in [1.82, 2.24) is 5.32 Å². The van der Waals surface area contributed by atoms with Crippen LogP contribution in [0.15, 0.2) is 22.7 Å². The molecule has 1 unspecified atom stereocenters. The Balaban J connectivity index is 2.63. The fraction of sp³-hybridized carbons (Fsp3) is 0.500. The van der Waals surface area contributed by atoms with Crippen molar-refractivity contribution in [3.05, 3.63) is 34.1 Å². The average molecular weight is 306 g/mol. The average Bonchev–Trinajstić information content (AvgIpc) is 2.33. The van der Waals surface area contributed by atoms with Gasteiger partial charge in [0.05, 0.1) is 0 Å². The number of rotatable bonds is 6. The topological polar surface area (TPSA) is 30.5 Å². The Labute approximate surface area is 109 Å². The first-order valence-corrected chi connectivity index (χ1v) is 6.11. The molecule has 0 aliphatic heterocycles. The van der Waals surface area contributed by atoms with Crippen LogP contribution in [0.25, 0.3) is 0 Å². The highest BCUT2D eigenvalue weighted by molar-refractivity contribution is 9.10. The minimum absolute atomic E-state index is 0.111. The number of ether oxygens (including phenoxy) is 2. The minimum Gasteiger partial charge on any atom is -0.355 e. The second-order valence-electron chi connectivity index (χ2n) is 3.70. The van der Waals surface area contributed by atoms with Crippen LogP contribution in [0.3, 0.4) is 0 Å². The fourth-order valence-corrected chi connectivity index (χ4v) is 1.87. The summed E-state index contributed by atoms with van der Waals surface area (Å²) in [6.07, 6.45) is -0.326. The Morgan fingerprint density at radius 3 is 2.59 bits per heavy atom. The van der Waals surface area contributed by atoms with Crippen LogP contribution in [0.5, 0.6) is 0 Å². The number of methoxy groups -OCH3 is 2. The summed E-state index contributed by atoms with van der Waals surface area (Å²) in [4.78, 5) is 0. The summed E-state index contributed by atoms with van der Waals surface area (Å²) in [5, 5.41) is 3.16. The molecular formula is C12H17BrFNO2. The van der Waals surface area contributed by atoms with E-state index in [1.165, 1.54) is 6.07 Å². The Morgan fingerprint density at radius 2 is 2.00 bits per heavy atom. The molecule has 5 heteroatoms. The standard InChI is InChI=1S/C12H17BrFNO2/c1-8(15-7-12(16-2)17-3)10-6-9(13)4-5-11(10)14/h4-6,8,12,15H,7H2,1-3H3. The zero-order valence-corrected chi connectivity index (χ0v) is 11.8. The highest BCUT2D eigenvalue weighted by Crippen LogP contribution is 2.21. The number of halogens is 2. The SMILES string of the molecule is COC(CNC(C)c1cc(Br)ccc1F)OC. The first-order chi connectivity index (χ1) is 8.08. The monoisotopic (exact) mass is 305 g/mol. The van der Waals surface area contributed by atoms with Crippen molar-refractivity contribution in [2.24, 2.45) is 0 Å². The summed E-state index contributed by atoms with van der Waals surface area (Å²) >= 11 is 3.33. The molecule has 0 aliphatic carbocycles. The maximum atomic E-state index is 13.6. The number of benzene rings is 1. The zero-order chi connectivity index (χ0) is 12.8. The minimum atomic E-state index is -0.326. The lowest BCUT2D eigenvalue weighted by molar-refractivity contribution is -0.0997. The van der Waals surface area contributed by atoms with Crippen molar-refractivity contribution in [2.75, 3.05) is 20.8 Å². The van der Waals surface area contributed by atoms with Crippen molar-refractivity contribution < 1.29 is 13.9 Å². The van der Waals surface area contributed by atoms with Gasteiger partial charge in [-0.2, -0.15) is 0 Å². The van der Waals surface area contributed by atoms with Gasteiger partial charge in [0.2, 0.25) is 0 Å². The van der Waals surface area contributed by atoms with Gasteiger partial charge in [-0.25, -0.2) is 4.39 Å². The lowest BCUT2D eigenvalue weighted by atomic mass is 10.1. The summed E-state index contributed by atoms with van der Waals surface area (Å²) in [5.41, 5.74) is 0.616. The Morgan fingerprint density at radius 1 is 1.35 bits per heavy atom. The predicted octanol–water partition coefficient (Wildman–Crippen LogP) is 2.86. The second kappa shape index (κ2) is 7.06. The molecule has 0 aliphatic rings. The molecular weight excluding hydrogens is 289 g/mol. The van der Waals surface area contributed by atoms with Gasteiger partial charge < -0.3 is 14.8 Å². The first kappa shape index (κ1) is 14.6. The molecule has 0 bridgehead atoms. The molecule has 0 aromatic heterocycles. The molecule has 0 spiro atoms. The maximum Gasteiger partial charge on any atom is 0.169 e. The van der Waals surface area contributed by atoms with Crippen LogP contribution < -0.4 is 5.32 Å². The van der Waals surface area contributed by atoms with Gasteiger partial charge in [-0.3, -0.25) is 0 Å². The molecule has 0 heterocycles. The van der Waals surface area contributed by atoms with Crippen molar-refractivity contribution in [2.45, 2.75) is 19.3 Å². The van der Waals surface area contributed by atoms with Crippen LogP contribution in [0, 0.1) is 5.82 Å². The molecule has 0 amide bonds. The van der Waals surface area contributed by atoms with Crippen LogP contribution in [-0.2, 0) is 9.47 Å². The van der Waals surface area contributed by atoms with E-state index in [0.29, 0.717) is 12.1 Å². The molecule has 1 N–H and O–H groups in total. The largest absolute Gasteiger partial charge is 0.355 e. The lowest BCUT2D eigenvalue weighted by Crippen LogP contribution is -2.31. The summed E-state index contributed by atoms with van der Waals surface area (Å²) in [6, 6.07) is 4.78. The molecule has 1 aromatic carbocycles. The van der Waals surface area contributed by atoms with Crippen molar-refractivity contribution in [3.8, 4) is 0 Å². The van der Waals surface area contributed by atoms with Crippen LogP contribution in [0.4, 0.5) is 4.39 Å². The van der Waals surface area contributed by atoms with Crippen LogP contribution in [-0.4, -0.2) is 27.1 Å². The zero-order valence-electron chi connectivity index (χ0n) is 10.2. The van der Waals surface area contributed by atoms with E-state index < -0.39 is 0 Å². The Bertz CT molecular complexity index is 358. The number of nitrogens with one attached hydrogen (secondary N) is 1. The third-order valence-electron chi connectivity index (χ3n) is 2.54. The van der Waals surface area contributed by atoms with E-state index >= 15 is 0 Å². The normalized spacial score (nSPS) is 13.1. The highest BCUT2D eigenvalue weighted by atomic mass is 79.9. The molecule has 1 atom stereocenters. The van der Waals surface area contributed by atoms with Gasteiger partial charge in [0, 0.05) is 36.8 Å². The van der Waals surface area contributed by atoms with Crippen molar-refractivity contribution in [1.29, 1.82) is 0 Å². The van der Waals surface area contributed by atoms with E-state index in [1.807, 2.05) is 6.92 Å². The van der Waals surface area contributed by atoms with Crippen LogP contribution in [0.1, 0.15) is 18.5 Å². The lowest BCUT2D eigenvalue weighted by Gasteiger charge is -2.19. The maximum absolute atomic E-state index is 13.6.